The first-order valence-electron chi connectivity index (χ1n) is 10.2. The third-order valence-corrected chi connectivity index (χ3v) is 6.45. The largest absolute Gasteiger partial charge is 0.493 e. The van der Waals surface area contributed by atoms with Crippen molar-refractivity contribution in [2.75, 3.05) is 45.3 Å². The SMILES string of the molecule is COc1ccc(C=C2SC(N3CCN(c4cccc(C(F)(F)F)c4)CC3)=NC2=O)cc1OC. The van der Waals surface area contributed by atoms with Gasteiger partial charge in [-0.05, 0) is 53.7 Å². The van der Waals surface area contributed by atoms with Gasteiger partial charge in [-0.15, -0.1) is 0 Å². The summed E-state index contributed by atoms with van der Waals surface area (Å²) >= 11 is 1.29. The van der Waals surface area contributed by atoms with Crippen molar-refractivity contribution in [2.24, 2.45) is 4.99 Å². The Kier molecular flexibility index (Phi) is 6.55. The van der Waals surface area contributed by atoms with E-state index in [1.54, 1.807) is 38.5 Å². The molecule has 2 aromatic carbocycles. The van der Waals surface area contributed by atoms with E-state index in [4.69, 9.17) is 9.47 Å². The number of benzene rings is 2. The van der Waals surface area contributed by atoms with Gasteiger partial charge in [-0.25, -0.2) is 0 Å². The van der Waals surface area contributed by atoms with Crippen LogP contribution in [0.4, 0.5) is 18.9 Å². The van der Waals surface area contributed by atoms with Gasteiger partial charge in [0, 0.05) is 31.9 Å². The summed E-state index contributed by atoms with van der Waals surface area (Å²) < 4.78 is 49.6. The van der Waals surface area contributed by atoms with Crippen LogP contribution < -0.4 is 14.4 Å². The molecule has 33 heavy (non-hydrogen) atoms. The second kappa shape index (κ2) is 9.38. The third kappa shape index (κ3) is 5.11. The van der Waals surface area contributed by atoms with Crippen LogP contribution in [0.3, 0.4) is 0 Å². The van der Waals surface area contributed by atoms with Crippen LogP contribution in [0, 0.1) is 0 Å². The monoisotopic (exact) mass is 477 g/mol. The van der Waals surface area contributed by atoms with Gasteiger partial charge in [0.05, 0.1) is 24.7 Å². The summed E-state index contributed by atoms with van der Waals surface area (Å²) in [5.74, 6) is 0.847. The maximum atomic E-state index is 13.0. The Labute approximate surface area is 193 Å². The maximum Gasteiger partial charge on any atom is 0.416 e. The number of rotatable bonds is 4. The number of nitrogens with zero attached hydrogens (tertiary/aromatic N) is 3. The minimum absolute atomic E-state index is 0.315. The molecule has 1 fully saturated rings. The van der Waals surface area contributed by atoms with E-state index >= 15 is 0 Å². The van der Waals surface area contributed by atoms with E-state index in [0.717, 1.165) is 11.6 Å². The lowest BCUT2D eigenvalue weighted by atomic mass is 10.1. The highest BCUT2D eigenvalue weighted by Crippen LogP contribution is 2.35. The lowest BCUT2D eigenvalue weighted by Gasteiger charge is -2.36. The van der Waals surface area contributed by atoms with Crippen molar-refractivity contribution < 1.29 is 27.4 Å². The zero-order valence-corrected chi connectivity index (χ0v) is 18.9. The van der Waals surface area contributed by atoms with Gasteiger partial charge in [0.2, 0.25) is 0 Å². The normalized spacial score (nSPS) is 18.0. The minimum Gasteiger partial charge on any atom is -0.493 e. The smallest absolute Gasteiger partial charge is 0.416 e. The van der Waals surface area contributed by atoms with Gasteiger partial charge >= 0.3 is 6.18 Å². The molecule has 0 aromatic heterocycles. The topological polar surface area (TPSA) is 54.4 Å². The van der Waals surface area contributed by atoms with E-state index in [1.807, 2.05) is 15.9 Å². The molecular weight excluding hydrogens is 455 g/mol. The third-order valence-electron chi connectivity index (χ3n) is 5.40. The Hall–Kier alpha value is -3.14. The molecular formula is C23H22F3N3O3S. The van der Waals surface area contributed by atoms with Crippen LogP contribution in [0.5, 0.6) is 11.5 Å². The Bertz CT molecular complexity index is 1110. The molecule has 0 unspecified atom stereocenters. The number of thioether (sulfide) groups is 1. The summed E-state index contributed by atoms with van der Waals surface area (Å²) in [6.45, 7) is 2.17. The fraction of sp³-hybridized carbons (Fsp3) is 0.304. The molecule has 0 atom stereocenters. The van der Waals surface area contributed by atoms with Crippen LogP contribution >= 0.6 is 11.8 Å². The van der Waals surface area contributed by atoms with Crippen molar-refractivity contribution in [1.29, 1.82) is 0 Å². The molecule has 2 aliphatic rings. The first-order valence-corrected chi connectivity index (χ1v) is 11.0. The summed E-state index contributed by atoms with van der Waals surface area (Å²) in [7, 11) is 3.10. The highest BCUT2D eigenvalue weighted by atomic mass is 32.2. The molecule has 174 valence electrons. The Morgan fingerprint density at radius 1 is 0.970 bits per heavy atom. The average Bonchev–Trinajstić information content (AvgIpc) is 3.18. The number of hydrogen-bond acceptors (Lipinski definition) is 6. The lowest BCUT2D eigenvalue weighted by Crippen LogP contribution is -2.47. The van der Waals surface area contributed by atoms with Crippen molar-refractivity contribution in [3.63, 3.8) is 0 Å². The second-order valence-electron chi connectivity index (χ2n) is 7.45. The van der Waals surface area contributed by atoms with Crippen LogP contribution in [0.2, 0.25) is 0 Å². The van der Waals surface area contributed by atoms with Crippen molar-refractivity contribution in [2.45, 2.75) is 6.18 Å². The van der Waals surface area contributed by atoms with E-state index in [-0.39, 0.29) is 5.91 Å². The van der Waals surface area contributed by atoms with Crippen molar-refractivity contribution in [3.05, 3.63) is 58.5 Å². The van der Waals surface area contributed by atoms with Crippen LogP contribution in [0.25, 0.3) is 6.08 Å². The number of aliphatic imine (C=N–C) groups is 1. The van der Waals surface area contributed by atoms with Crippen LogP contribution in [0.1, 0.15) is 11.1 Å². The summed E-state index contributed by atoms with van der Waals surface area (Å²) in [4.78, 5) is 21.0. The summed E-state index contributed by atoms with van der Waals surface area (Å²) in [5, 5.41) is 0.607. The highest BCUT2D eigenvalue weighted by Gasteiger charge is 2.32. The number of anilines is 1. The molecule has 4 rings (SSSR count). The van der Waals surface area contributed by atoms with Crippen molar-refractivity contribution in [3.8, 4) is 11.5 Å². The zero-order chi connectivity index (χ0) is 23.6. The molecule has 10 heteroatoms. The molecule has 6 nitrogen and oxygen atoms in total. The quantitative estimate of drug-likeness (QED) is 0.604. The standard InChI is InChI=1S/C23H22F3N3O3S/c1-31-18-7-6-15(12-19(18)32-2)13-20-21(30)27-22(33-20)29-10-8-28(9-11-29)17-5-3-4-16(14-17)23(24,25)26/h3-7,12-14H,8-11H2,1-2H3. The first kappa shape index (κ1) is 23.0. The Morgan fingerprint density at radius 2 is 1.67 bits per heavy atom. The number of halogens is 3. The van der Waals surface area contributed by atoms with Crippen LogP contribution in [-0.4, -0.2) is 56.4 Å². The molecule has 1 amide bonds. The van der Waals surface area contributed by atoms with Crippen LogP contribution in [0.15, 0.2) is 52.4 Å². The van der Waals surface area contributed by atoms with Gasteiger partial charge in [-0.1, -0.05) is 12.1 Å². The van der Waals surface area contributed by atoms with Crippen LogP contribution in [-0.2, 0) is 11.0 Å². The number of amidine groups is 1. The van der Waals surface area contributed by atoms with E-state index in [9.17, 15) is 18.0 Å². The van der Waals surface area contributed by atoms with Crippen molar-refractivity contribution in [1.82, 2.24) is 4.90 Å². The fourth-order valence-electron chi connectivity index (χ4n) is 3.66. The number of methoxy groups -OCH3 is 2. The molecule has 1 saturated heterocycles. The lowest BCUT2D eigenvalue weighted by molar-refractivity contribution is -0.137. The summed E-state index contributed by atoms with van der Waals surface area (Å²) in [5.41, 5.74) is 0.665. The van der Waals surface area contributed by atoms with Crippen molar-refractivity contribution >= 4 is 34.6 Å². The van der Waals surface area contributed by atoms with Gasteiger partial charge in [0.15, 0.2) is 16.7 Å². The predicted molar refractivity (Wildman–Crippen MR) is 123 cm³/mol. The Morgan fingerprint density at radius 3 is 2.33 bits per heavy atom. The number of hydrogen-bond donors (Lipinski definition) is 0. The molecule has 0 N–H and O–H groups in total. The maximum absolute atomic E-state index is 13.0. The highest BCUT2D eigenvalue weighted by molar-refractivity contribution is 8.18. The number of ether oxygens (including phenoxy) is 2. The Balaban J connectivity index is 1.41. The van der Waals surface area contributed by atoms with Gasteiger partial charge in [-0.2, -0.15) is 18.2 Å². The van der Waals surface area contributed by atoms with Gasteiger partial charge in [-0.3, -0.25) is 4.79 Å². The minimum atomic E-state index is -4.37. The summed E-state index contributed by atoms with van der Waals surface area (Å²) in [6, 6.07) is 10.7. The second-order valence-corrected chi connectivity index (χ2v) is 8.46. The first-order chi connectivity index (χ1) is 15.8. The zero-order valence-electron chi connectivity index (χ0n) is 18.1. The molecule has 0 bridgehead atoms. The van der Waals surface area contributed by atoms with E-state index in [1.165, 1.54) is 23.9 Å². The predicted octanol–water partition coefficient (Wildman–Crippen LogP) is 4.52. The molecule has 0 saturated carbocycles. The van der Waals surface area contributed by atoms with E-state index < -0.39 is 11.7 Å². The molecule has 2 aliphatic heterocycles. The summed E-state index contributed by atoms with van der Waals surface area (Å²) in [6.07, 6.45) is -2.62. The van der Waals surface area contributed by atoms with Gasteiger partial charge in [0.1, 0.15) is 0 Å². The molecule has 2 aromatic rings. The molecule has 0 radical (unpaired) electrons. The van der Waals surface area contributed by atoms with Gasteiger partial charge in [0.25, 0.3) is 5.91 Å². The number of alkyl halides is 3. The average molecular weight is 478 g/mol. The molecule has 2 heterocycles. The number of carbonyl (C=O) groups excluding carboxylic acids is 1. The number of carbonyl (C=O) groups is 1. The van der Waals surface area contributed by atoms with E-state index in [2.05, 4.69) is 4.99 Å². The number of amides is 1. The molecule has 0 aliphatic carbocycles. The van der Waals surface area contributed by atoms with Gasteiger partial charge < -0.3 is 19.3 Å². The fourth-order valence-corrected chi connectivity index (χ4v) is 4.63. The molecule has 0 spiro atoms. The van der Waals surface area contributed by atoms with E-state index in [0.29, 0.717) is 53.4 Å². The number of piperazine rings is 1.